The zero-order valence-electron chi connectivity index (χ0n) is 19.9. The van der Waals surface area contributed by atoms with Crippen molar-refractivity contribution in [2.75, 3.05) is 6.61 Å². The van der Waals surface area contributed by atoms with Gasteiger partial charge in [-0.05, 0) is 47.9 Å². The number of fused-ring (bicyclic) bond motifs is 3. The first kappa shape index (κ1) is 23.8. The summed E-state index contributed by atoms with van der Waals surface area (Å²) in [5, 5.41) is 12.2. The lowest BCUT2D eigenvalue weighted by molar-refractivity contribution is -0.151. The van der Waals surface area contributed by atoms with Crippen LogP contribution in [0.4, 0.5) is 4.79 Å². The number of benzene rings is 2. The molecule has 2 aliphatic carbocycles. The Morgan fingerprint density at radius 1 is 1.03 bits per heavy atom. The van der Waals surface area contributed by atoms with E-state index in [4.69, 9.17) is 4.74 Å². The number of amides is 2. The number of hydrogen-bond donors (Lipinski definition) is 2. The summed E-state index contributed by atoms with van der Waals surface area (Å²) in [5.41, 5.74) is 4.51. The average molecular weight is 465 g/mol. The average Bonchev–Trinajstić information content (AvgIpc) is 3.62. The topological polar surface area (TPSA) is 95.9 Å². The van der Waals surface area contributed by atoms with Crippen LogP contribution in [0.2, 0.25) is 0 Å². The number of carboxylic acid groups (broad SMARTS) is 1. The maximum absolute atomic E-state index is 13.4. The molecular formula is C27H32N2O5. The molecule has 0 spiro atoms. The van der Waals surface area contributed by atoms with Gasteiger partial charge in [0.2, 0.25) is 5.91 Å². The van der Waals surface area contributed by atoms with Gasteiger partial charge < -0.3 is 20.1 Å². The fourth-order valence-corrected chi connectivity index (χ4v) is 4.77. The second kappa shape index (κ2) is 9.87. The number of carboxylic acids is 1. The molecule has 2 aromatic carbocycles. The van der Waals surface area contributed by atoms with Crippen LogP contribution in [-0.2, 0) is 14.3 Å². The zero-order valence-corrected chi connectivity index (χ0v) is 19.9. The van der Waals surface area contributed by atoms with Gasteiger partial charge in [0, 0.05) is 12.0 Å². The van der Waals surface area contributed by atoms with Crippen LogP contribution in [0.15, 0.2) is 48.5 Å². The Morgan fingerprint density at radius 2 is 1.59 bits per heavy atom. The van der Waals surface area contributed by atoms with Crippen molar-refractivity contribution in [1.82, 2.24) is 10.2 Å². The molecule has 1 saturated carbocycles. The van der Waals surface area contributed by atoms with Crippen LogP contribution in [0.1, 0.15) is 57.1 Å². The third kappa shape index (κ3) is 4.65. The third-order valence-corrected chi connectivity index (χ3v) is 7.07. The molecule has 2 amide bonds. The summed E-state index contributed by atoms with van der Waals surface area (Å²) in [5.74, 6) is -1.66. The molecule has 1 fully saturated rings. The summed E-state index contributed by atoms with van der Waals surface area (Å²) in [6.07, 6.45) is 1.54. The van der Waals surface area contributed by atoms with Crippen LogP contribution < -0.4 is 5.32 Å². The largest absolute Gasteiger partial charge is 0.480 e. The molecule has 3 atom stereocenters. The summed E-state index contributed by atoms with van der Waals surface area (Å²) in [4.78, 5) is 39.3. The third-order valence-electron chi connectivity index (χ3n) is 7.07. The lowest BCUT2D eigenvalue weighted by atomic mass is 9.97. The highest BCUT2D eigenvalue weighted by atomic mass is 16.5. The number of hydrogen-bond acceptors (Lipinski definition) is 4. The van der Waals surface area contributed by atoms with Crippen molar-refractivity contribution in [1.29, 1.82) is 0 Å². The normalized spacial score (nSPS) is 17.1. The zero-order chi connectivity index (χ0) is 24.4. The van der Waals surface area contributed by atoms with Crippen LogP contribution >= 0.6 is 0 Å². The molecule has 3 unspecified atom stereocenters. The fraction of sp³-hybridized carbons (Fsp3) is 0.444. The lowest BCUT2D eigenvalue weighted by Gasteiger charge is -2.33. The van der Waals surface area contributed by atoms with E-state index in [9.17, 15) is 19.5 Å². The lowest BCUT2D eigenvalue weighted by Crippen LogP contribution is -2.56. The van der Waals surface area contributed by atoms with E-state index in [2.05, 4.69) is 17.4 Å². The van der Waals surface area contributed by atoms with Gasteiger partial charge in [-0.15, -0.1) is 0 Å². The monoisotopic (exact) mass is 464 g/mol. The molecular weight excluding hydrogens is 432 g/mol. The van der Waals surface area contributed by atoms with E-state index in [1.807, 2.05) is 50.2 Å². The van der Waals surface area contributed by atoms with Gasteiger partial charge in [0.1, 0.15) is 18.7 Å². The molecule has 7 nitrogen and oxygen atoms in total. The summed E-state index contributed by atoms with van der Waals surface area (Å²) >= 11 is 0. The Bertz CT molecular complexity index is 1030. The summed E-state index contributed by atoms with van der Waals surface area (Å²) in [7, 11) is 0. The number of nitrogens with one attached hydrogen (secondary N) is 1. The minimum atomic E-state index is -1.05. The molecule has 0 saturated heterocycles. The fourth-order valence-electron chi connectivity index (χ4n) is 4.77. The molecule has 0 bridgehead atoms. The summed E-state index contributed by atoms with van der Waals surface area (Å²) in [6.45, 7) is 5.48. The Kier molecular flexibility index (Phi) is 6.91. The number of carbonyl (C=O) groups excluding carboxylic acids is 2. The highest BCUT2D eigenvalue weighted by molar-refractivity contribution is 5.90. The van der Waals surface area contributed by atoms with Crippen LogP contribution in [0.25, 0.3) is 11.1 Å². The van der Waals surface area contributed by atoms with Crippen molar-refractivity contribution in [2.24, 2.45) is 5.92 Å². The Morgan fingerprint density at radius 3 is 2.09 bits per heavy atom. The first-order valence-corrected chi connectivity index (χ1v) is 12.0. The number of alkyl carbamates (subject to hydrolysis) is 1. The van der Waals surface area contributed by atoms with E-state index in [1.165, 1.54) is 11.8 Å². The highest BCUT2D eigenvalue weighted by Gasteiger charge is 2.42. The van der Waals surface area contributed by atoms with Crippen molar-refractivity contribution in [3.8, 4) is 11.1 Å². The van der Waals surface area contributed by atoms with Crippen LogP contribution in [0, 0.1) is 5.92 Å². The van der Waals surface area contributed by atoms with Crippen LogP contribution in [0.3, 0.4) is 0 Å². The van der Waals surface area contributed by atoms with Gasteiger partial charge in [0.05, 0.1) is 0 Å². The number of nitrogens with zero attached hydrogens (tertiary/aromatic N) is 1. The molecule has 0 heterocycles. The van der Waals surface area contributed by atoms with Gasteiger partial charge in [0.15, 0.2) is 0 Å². The number of ether oxygens (including phenoxy) is 1. The van der Waals surface area contributed by atoms with E-state index in [1.54, 1.807) is 0 Å². The minimum absolute atomic E-state index is 0.0779. The number of carbonyl (C=O) groups is 3. The van der Waals surface area contributed by atoms with Crippen molar-refractivity contribution in [3.63, 3.8) is 0 Å². The molecule has 0 aromatic heterocycles. The Balaban J connectivity index is 1.47. The quantitative estimate of drug-likeness (QED) is 0.573. The molecule has 34 heavy (non-hydrogen) atoms. The smallest absolute Gasteiger partial charge is 0.407 e. The first-order chi connectivity index (χ1) is 16.3. The standard InChI is InChI=1S/C27H32N2O5/c1-4-16(2)24(25(30)29(18-13-14-18)17(3)26(31)32)28-27(33)34-15-23-21-11-7-5-9-19(21)20-10-6-8-12-22(20)23/h5-12,16-18,23-24H,4,13-15H2,1-3H3,(H,28,33)(H,31,32). The predicted octanol–water partition coefficient (Wildman–Crippen LogP) is 4.40. The van der Waals surface area contributed by atoms with Crippen molar-refractivity contribution in [2.45, 2.75) is 64.1 Å². The van der Waals surface area contributed by atoms with Gasteiger partial charge >= 0.3 is 12.1 Å². The first-order valence-electron chi connectivity index (χ1n) is 12.0. The SMILES string of the molecule is CCC(C)C(NC(=O)OCC1c2ccccc2-c2ccccc21)C(=O)N(C1CC1)C(C)C(=O)O. The number of rotatable bonds is 9. The highest BCUT2D eigenvalue weighted by Crippen LogP contribution is 2.44. The van der Waals surface area contributed by atoms with Gasteiger partial charge in [-0.3, -0.25) is 4.79 Å². The molecule has 0 aliphatic heterocycles. The van der Waals surface area contributed by atoms with E-state index in [0.29, 0.717) is 6.42 Å². The van der Waals surface area contributed by atoms with Crippen molar-refractivity contribution < 1.29 is 24.2 Å². The molecule has 0 radical (unpaired) electrons. The van der Waals surface area contributed by atoms with E-state index in [0.717, 1.165) is 35.1 Å². The summed E-state index contributed by atoms with van der Waals surface area (Å²) in [6, 6.07) is 14.3. The Hall–Kier alpha value is -3.35. The van der Waals surface area contributed by atoms with Crippen LogP contribution in [0.5, 0.6) is 0 Å². The maximum atomic E-state index is 13.4. The van der Waals surface area contributed by atoms with Crippen molar-refractivity contribution >= 4 is 18.0 Å². The summed E-state index contributed by atoms with van der Waals surface area (Å²) < 4.78 is 5.64. The van der Waals surface area contributed by atoms with Gasteiger partial charge in [0.25, 0.3) is 0 Å². The number of aliphatic carboxylic acids is 1. The second-order valence-electron chi connectivity index (χ2n) is 9.32. The van der Waals surface area contributed by atoms with Gasteiger partial charge in [-0.2, -0.15) is 0 Å². The maximum Gasteiger partial charge on any atom is 0.407 e. The Labute approximate surface area is 200 Å². The molecule has 7 heteroatoms. The van der Waals surface area contributed by atoms with Crippen molar-refractivity contribution in [3.05, 3.63) is 59.7 Å². The molecule has 180 valence electrons. The second-order valence-corrected chi connectivity index (χ2v) is 9.32. The molecule has 2 N–H and O–H groups in total. The van der Waals surface area contributed by atoms with E-state index < -0.39 is 24.1 Å². The van der Waals surface area contributed by atoms with E-state index in [-0.39, 0.29) is 30.4 Å². The predicted molar refractivity (Wildman–Crippen MR) is 128 cm³/mol. The molecule has 2 aliphatic rings. The molecule has 4 rings (SSSR count). The minimum Gasteiger partial charge on any atom is -0.480 e. The molecule has 2 aromatic rings. The van der Waals surface area contributed by atoms with Gasteiger partial charge in [-0.1, -0.05) is 68.8 Å². The van der Waals surface area contributed by atoms with Gasteiger partial charge in [-0.25, -0.2) is 9.59 Å². The van der Waals surface area contributed by atoms with Crippen LogP contribution in [-0.4, -0.2) is 52.7 Å². The van der Waals surface area contributed by atoms with E-state index >= 15 is 0 Å².